The number of benzene rings is 1. The first kappa shape index (κ1) is 15.4. The van der Waals surface area contributed by atoms with Crippen molar-refractivity contribution in [3.05, 3.63) is 46.8 Å². The Morgan fingerprint density at radius 2 is 2.00 bits per heavy atom. The Hall–Kier alpha value is -2.16. The Bertz CT molecular complexity index is 799. The number of fused-ring (bicyclic) bond motifs is 3. The maximum absolute atomic E-state index is 12.6. The summed E-state index contributed by atoms with van der Waals surface area (Å²) in [4.78, 5) is 16.7. The number of amides is 1. The number of nitrogens with zero attached hydrogens (tertiary/aromatic N) is 2. The molecule has 5 rings (SSSR count). The normalized spacial score (nSPS) is 25.2. The molecule has 0 radical (unpaired) electrons. The Morgan fingerprint density at radius 3 is 2.71 bits per heavy atom. The van der Waals surface area contributed by atoms with Crippen LogP contribution in [0.25, 0.3) is 10.4 Å². The van der Waals surface area contributed by atoms with Crippen molar-refractivity contribution in [2.45, 2.75) is 18.9 Å². The number of nitriles is 1. The quantitative estimate of drug-likeness (QED) is 0.936. The fourth-order valence-corrected chi connectivity index (χ4v) is 4.72. The number of nitrogens with one attached hydrogen (secondary N) is 1. The van der Waals surface area contributed by atoms with E-state index in [1.807, 2.05) is 36.4 Å². The van der Waals surface area contributed by atoms with E-state index >= 15 is 0 Å². The van der Waals surface area contributed by atoms with Crippen LogP contribution < -0.4 is 5.32 Å². The van der Waals surface area contributed by atoms with Crippen molar-refractivity contribution in [2.24, 2.45) is 5.92 Å². The molecule has 3 aliphatic rings. The molecule has 1 N–H and O–H groups in total. The van der Waals surface area contributed by atoms with Gasteiger partial charge in [-0.05, 0) is 50.0 Å². The highest BCUT2D eigenvalue weighted by molar-refractivity contribution is 7.17. The molecule has 122 valence electrons. The Balaban J connectivity index is 1.50. The molecule has 1 unspecified atom stereocenters. The van der Waals surface area contributed by atoms with Crippen LogP contribution in [0, 0.1) is 17.2 Å². The zero-order chi connectivity index (χ0) is 16.5. The van der Waals surface area contributed by atoms with Crippen molar-refractivity contribution in [3.63, 3.8) is 0 Å². The molecule has 24 heavy (non-hydrogen) atoms. The van der Waals surface area contributed by atoms with Gasteiger partial charge in [-0.25, -0.2) is 0 Å². The summed E-state index contributed by atoms with van der Waals surface area (Å²) in [5, 5.41) is 12.5. The van der Waals surface area contributed by atoms with Crippen molar-refractivity contribution in [1.82, 2.24) is 10.2 Å². The fraction of sp³-hybridized carbons (Fsp3) is 0.368. The van der Waals surface area contributed by atoms with E-state index in [-0.39, 0.29) is 11.9 Å². The molecule has 2 aromatic rings. The van der Waals surface area contributed by atoms with Crippen LogP contribution in [0.15, 0.2) is 36.4 Å². The molecule has 1 amide bonds. The summed E-state index contributed by atoms with van der Waals surface area (Å²) in [7, 11) is 0. The van der Waals surface area contributed by atoms with E-state index in [1.165, 1.54) is 37.3 Å². The van der Waals surface area contributed by atoms with Crippen molar-refractivity contribution < 1.29 is 4.79 Å². The summed E-state index contributed by atoms with van der Waals surface area (Å²) < 4.78 is 0. The minimum Gasteiger partial charge on any atom is -0.347 e. The summed E-state index contributed by atoms with van der Waals surface area (Å²) >= 11 is 1.46. The minimum atomic E-state index is 0.0134. The van der Waals surface area contributed by atoms with Crippen LogP contribution in [0.4, 0.5) is 0 Å². The number of hydrogen-bond acceptors (Lipinski definition) is 4. The average Bonchev–Trinajstić information content (AvgIpc) is 3.13. The van der Waals surface area contributed by atoms with Gasteiger partial charge < -0.3 is 10.2 Å². The van der Waals surface area contributed by atoms with E-state index in [0.717, 1.165) is 17.0 Å². The lowest BCUT2D eigenvalue weighted by Crippen LogP contribution is -2.57. The van der Waals surface area contributed by atoms with Crippen molar-refractivity contribution >= 4 is 17.2 Å². The summed E-state index contributed by atoms with van der Waals surface area (Å²) in [6.45, 7) is 3.32. The molecule has 1 atom stereocenters. The zero-order valence-corrected chi connectivity index (χ0v) is 14.2. The van der Waals surface area contributed by atoms with Gasteiger partial charge >= 0.3 is 0 Å². The molecule has 1 aromatic heterocycles. The van der Waals surface area contributed by atoms with Gasteiger partial charge in [0.2, 0.25) is 0 Å². The molecule has 4 heterocycles. The van der Waals surface area contributed by atoms with E-state index in [1.54, 1.807) is 0 Å². The van der Waals surface area contributed by atoms with Gasteiger partial charge in [0.1, 0.15) is 0 Å². The van der Waals surface area contributed by atoms with Gasteiger partial charge in [-0.2, -0.15) is 5.26 Å². The molecule has 4 nitrogen and oxygen atoms in total. The van der Waals surface area contributed by atoms with Crippen LogP contribution in [0.3, 0.4) is 0 Å². The maximum Gasteiger partial charge on any atom is 0.261 e. The SMILES string of the molecule is N#Cc1ccccc1-c1ccc(C(=O)NC2CN3CCC2CC3)s1. The van der Waals surface area contributed by atoms with Crippen LogP contribution in [-0.2, 0) is 0 Å². The molecule has 3 aliphatic heterocycles. The Kier molecular flexibility index (Phi) is 4.09. The monoisotopic (exact) mass is 337 g/mol. The van der Waals surface area contributed by atoms with Gasteiger partial charge in [-0.15, -0.1) is 11.3 Å². The van der Waals surface area contributed by atoms with Gasteiger partial charge in [0.15, 0.2) is 0 Å². The fourth-order valence-electron chi connectivity index (χ4n) is 3.77. The van der Waals surface area contributed by atoms with Crippen molar-refractivity contribution in [3.8, 4) is 16.5 Å². The lowest BCUT2D eigenvalue weighted by molar-refractivity contribution is 0.0622. The highest BCUT2D eigenvalue weighted by atomic mass is 32.1. The van der Waals surface area contributed by atoms with E-state index in [9.17, 15) is 10.1 Å². The number of hydrogen-bond donors (Lipinski definition) is 1. The molecule has 5 heteroatoms. The van der Waals surface area contributed by atoms with Gasteiger partial charge in [-0.3, -0.25) is 4.79 Å². The number of thiophene rings is 1. The first-order valence-electron chi connectivity index (χ1n) is 8.37. The van der Waals surface area contributed by atoms with E-state index < -0.39 is 0 Å². The van der Waals surface area contributed by atoms with Crippen LogP contribution in [-0.4, -0.2) is 36.5 Å². The predicted octanol–water partition coefficient (Wildman–Crippen LogP) is 3.11. The summed E-state index contributed by atoms with van der Waals surface area (Å²) in [6.07, 6.45) is 2.38. The standard InChI is InChI=1S/C19H19N3OS/c20-11-14-3-1-2-4-15(14)17-5-6-18(24-17)19(23)21-16-12-22-9-7-13(16)8-10-22/h1-6,13,16H,7-10,12H2,(H,21,23). The Morgan fingerprint density at radius 1 is 1.21 bits per heavy atom. The molecule has 0 saturated carbocycles. The predicted molar refractivity (Wildman–Crippen MR) is 94.9 cm³/mol. The van der Waals surface area contributed by atoms with Gasteiger partial charge in [0.05, 0.1) is 16.5 Å². The highest BCUT2D eigenvalue weighted by Crippen LogP contribution is 2.31. The molecule has 0 spiro atoms. The number of carbonyl (C=O) groups excluding carboxylic acids is 1. The summed E-state index contributed by atoms with van der Waals surface area (Å²) in [5.41, 5.74) is 1.54. The van der Waals surface area contributed by atoms with Crippen molar-refractivity contribution in [2.75, 3.05) is 19.6 Å². The van der Waals surface area contributed by atoms with Crippen LogP contribution in [0.1, 0.15) is 28.1 Å². The first-order valence-corrected chi connectivity index (χ1v) is 9.19. The van der Waals surface area contributed by atoms with E-state index in [4.69, 9.17) is 0 Å². The maximum atomic E-state index is 12.6. The molecular formula is C19H19N3OS. The lowest BCUT2D eigenvalue weighted by Gasteiger charge is -2.44. The van der Waals surface area contributed by atoms with Crippen LogP contribution >= 0.6 is 11.3 Å². The molecule has 2 bridgehead atoms. The molecular weight excluding hydrogens is 318 g/mol. The number of rotatable bonds is 3. The smallest absolute Gasteiger partial charge is 0.261 e. The second kappa shape index (κ2) is 6.39. The first-order chi connectivity index (χ1) is 11.7. The van der Waals surface area contributed by atoms with Crippen molar-refractivity contribution in [1.29, 1.82) is 5.26 Å². The Labute approximate surface area is 145 Å². The third kappa shape index (κ3) is 2.83. The number of carbonyl (C=O) groups is 1. The summed E-state index contributed by atoms with van der Waals surface area (Å²) in [5.74, 6) is 0.636. The molecule has 1 aromatic carbocycles. The third-order valence-corrected chi connectivity index (χ3v) is 6.23. The van der Waals surface area contributed by atoms with E-state index in [0.29, 0.717) is 16.4 Å². The van der Waals surface area contributed by atoms with Crippen LogP contribution in [0.5, 0.6) is 0 Å². The second-order valence-electron chi connectivity index (χ2n) is 6.54. The zero-order valence-electron chi connectivity index (χ0n) is 13.4. The highest BCUT2D eigenvalue weighted by Gasteiger charge is 2.35. The van der Waals surface area contributed by atoms with E-state index in [2.05, 4.69) is 16.3 Å². The summed E-state index contributed by atoms with van der Waals surface area (Å²) in [6, 6.07) is 13.8. The minimum absolute atomic E-state index is 0.0134. The average molecular weight is 337 g/mol. The molecule has 3 saturated heterocycles. The number of piperidine rings is 3. The third-order valence-electron chi connectivity index (χ3n) is 5.12. The van der Waals surface area contributed by atoms with Crippen LogP contribution in [0.2, 0.25) is 0 Å². The van der Waals surface area contributed by atoms with Gasteiger partial charge in [0, 0.05) is 23.0 Å². The largest absolute Gasteiger partial charge is 0.347 e. The van der Waals surface area contributed by atoms with Gasteiger partial charge in [0.25, 0.3) is 5.91 Å². The second-order valence-corrected chi connectivity index (χ2v) is 7.62. The molecule has 3 fully saturated rings. The molecule has 0 aliphatic carbocycles. The van der Waals surface area contributed by atoms with Gasteiger partial charge in [-0.1, -0.05) is 18.2 Å². The lowest BCUT2D eigenvalue weighted by atomic mass is 9.84. The topological polar surface area (TPSA) is 56.1 Å².